The monoisotopic (exact) mass is 110 g/mol. The third-order valence-electron chi connectivity index (χ3n) is 2.01. The average Bonchev–Trinajstić information content (AvgIpc) is 2.23. The van der Waals surface area contributed by atoms with E-state index in [0.29, 0.717) is 12.2 Å². The Morgan fingerprint density at radius 3 is 2.62 bits per heavy atom. The van der Waals surface area contributed by atoms with Gasteiger partial charge in [-0.2, -0.15) is 0 Å². The molecule has 3 unspecified atom stereocenters. The number of fused-ring (bicyclic) bond motifs is 2. The molecular weight excluding hydrogens is 100 g/mol. The van der Waals surface area contributed by atoms with Gasteiger partial charge in [-0.05, 0) is 12.3 Å². The Bertz CT molecular complexity index is 128. The molecule has 3 atom stereocenters. The highest BCUT2D eigenvalue weighted by molar-refractivity contribution is 5.09. The molecule has 44 valence electrons. The predicted octanol–water partition coefficient (Wildman–Crippen LogP) is 1.35. The minimum atomic E-state index is 0.458. The van der Waals surface area contributed by atoms with Gasteiger partial charge < -0.3 is 4.74 Å². The molecule has 1 nitrogen and oxygen atoms in total. The van der Waals surface area contributed by atoms with E-state index in [2.05, 4.69) is 19.1 Å². The summed E-state index contributed by atoms with van der Waals surface area (Å²) in [6.45, 7) is 2.24. The van der Waals surface area contributed by atoms with Gasteiger partial charge in [0.05, 0.1) is 12.2 Å². The number of hydrogen-bond donors (Lipinski definition) is 0. The van der Waals surface area contributed by atoms with Crippen LogP contribution in [0.15, 0.2) is 12.2 Å². The number of ether oxygens (including phenoxy) is 1. The third-order valence-corrected chi connectivity index (χ3v) is 2.01. The van der Waals surface area contributed by atoms with Crippen molar-refractivity contribution in [3.05, 3.63) is 12.2 Å². The van der Waals surface area contributed by atoms with Gasteiger partial charge in [0.15, 0.2) is 0 Å². The van der Waals surface area contributed by atoms with Crippen molar-refractivity contribution in [2.75, 3.05) is 0 Å². The zero-order chi connectivity index (χ0) is 5.56. The van der Waals surface area contributed by atoms with E-state index in [4.69, 9.17) is 4.74 Å². The van der Waals surface area contributed by atoms with Gasteiger partial charge in [-0.3, -0.25) is 0 Å². The van der Waals surface area contributed by atoms with Crippen LogP contribution < -0.4 is 0 Å². The van der Waals surface area contributed by atoms with Crippen LogP contribution in [0.25, 0.3) is 0 Å². The van der Waals surface area contributed by atoms with Gasteiger partial charge >= 0.3 is 0 Å². The molecule has 0 amide bonds. The first-order valence-corrected chi connectivity index (χ1v) is 3.20. The highest BCUT2D eigenvalue weighted by atomic mass is 16.5. The summed E-state index contributed by atoms with van der Waals surface area (Å²) >= 11 is 0. The SMILES string of the molecule is CC1CC2C=CC1O2. The summed E-state index contributed by atoms with van der Waals surface area (Å²) in [6.07, 6.45) is 6.51. The molecule has 0 spiro atoms. The van der Waals surface area contributed by atoms with Crippen molar-refractivity contribution in [1.82, 2.24) is 0 Å². The van der Waals surface area contributed by atoms with E-state index < -0.39 is 0 Å². The van der Waals surface area contributed by atoms with Crippen LogP contribution in [0.1, 0.15) is 13.3 Å². The maximum Gasteiger partial charge on any atom is 0.0791 e. The van der Waals surface area contributed by atoms with Crippen LogP contribution in [0.5, 0.6) is 0 Å². The fraction of sp³-hybridized carbons (Fsp3) is 0.714. The normalized spacial score (nSPS) is 50.9. The minimum absolute atomic E-state index is 0.458. The molecule has 1 saturated heterocycles. The molecule has 8 heavy (non-hydrogen) atoms. The van der Waals surface area contributed by atoms with Gasteiger partial charge in [0.25, 0.3) is 0 Å². The highest BCUT2D eigenvalue weighted by Crippen LogP contribution is 2.32. The zero-order valence-corrected chi connectivity index (χ0v) is 5.00. The number of rotatable bonds is 0. The van der Waals surface area contributed by atoms with Gasteiger partial charge in [0.2, 0.25) is 0 Å². The predicted molar refractivity (Wildman–Crippen MR) is 31.6 cm³/mol. The Balaban J connectivity index is 2.23. The Kier molecular flexibility index (Phi) is 0.770. The van der Waals surface area contributed by atoms with E-state index in [0.717, 1.165) is 5.92 Å². The van der Waals surface area contributed by atoms with Crippen LogP contribution in [-0.2, 0) is 4.74 Å². The summed E-state index contributed by atoms with van der Waals surface area (Å²) in [4.78, 5) is 0. The lowest BCUT2D eigenvalue weighted by Gasteiger charge is -2.06. The van der Waals surface area contributed by atoms with Gasteiger partial charge in [0, 0.05) is 0 Å². The zero-order valence-electron chi connectivity index (χ0n) is 5.00. The second-order valence-electron chi connectivity index (χ2n) is 2.74. The summed E-state index contributed by atoms with van der Waals surface area (Å²) in [5.74, 6) is 0.769. The van der Waals surface area contributed by atoms with E-state index in [9.17, 15) is 0 Å². The van der Waals surface area contributed by atoms with Gasteiger partial charge in [-0.1, -0.05) is 19.1 Å². The Hall–Kier alpha value is -0.300. The summed E-state index contributed by atoms with van der Waals surface area (Å²) < 4.78 is 5.47. The largest absolute Gasteiger partial charge is 0.367 e. The maximum absolute atomic E-state index is 5.47. The average molecular weight is 110 g/mol. The molecule has 2 heterocycles. The maximum atomic E-state index is 5.47. The van der Waals surface area contributed by atoms with E-state index in [1.165, 1.54) is 6.42 Å². The van der Waals surface area contributed by atoms with E-state index in [1.807, 2.05) is 0 Å². The third kappa shape index (κ3) is 0.451. The first-order valence-electron chi connectivity index (χ1n) is 3.20. The van der Waals surface area contributed by atoms with Crippen LogP contribution in [0, 0.1) is 5.92 Å². The molecule has 0 aromatic rings. The van der Waals surface area contributed by atoms with E-state index in [1.54, 1.807) is 0 Å². The number of hydrogen-bond acceptors (Lipinski definition) is 1. The molecule has 1 heteroatoms. The van der Waals surface area contributed by atoms with Crippen molar-refractivity contribution >= 4 is 0 Å². The molecule has 2 bridgehead atoms. The summed E-state index contributed by atoms with van der Waals surface area (Å²) in [6, 6.07) is 0. The lowest BCUT2D eigenvalue weighted by atomic mass is 9.97. The van der Waals surface area contributed by atoms with Crippen LogP contribution in [0.4, 0.5) is 0 Å². The molecule has 1 fully saturated rings. The molecular formula is C7H10O. The highest BCUT2D eigenvalue weighted by Gasteiger charge is 2.33. The van der Waals surface area contributed by atoms with Crippen molar-refractivity contribution in [3.8, 4) is 0 Å². The standard InChI is InChI=1S/C7H10O/c1-5-4-6-2-3-7(5)8-6/h2-3,5-7H,4H2,1H3. The van der Waals surface area contributed by atoms with Crippen molar-refractivity contribution in [1.29, 1.82) is 0 Å². The van der Waals surface area contributed by atoms with E-state index >= 15 is 0 Å². The minimum Gasteiger partial charge on any atom is -0.367 e. The van der Waals surface area contributed by atoms with Crippen molar-refractivity contribution in [3.63, 3.8) is 0 Å². The van der Waals surface area contributed by atoms with Crippen molar-refractivity contribution < 1.29 is 4.74 Å². The summed E-state index contributed by atoms with van der Waals surface area (Å²) in [7, 11) is 0. The molecule has 0 radical (unpaired) electrons. The van der Waals surface area contributed by atoms with Crippen LogP contribution in [0.3, 0.4) is 0 Å². The Labute approximate surface area is 49.3 Å². The van der Waals surface area contributed by atoms with Crippen molar-refractivity contribution in [2.24, 2.45) is 5.92 Å². The molecule has 2 aliphatic rings. The lowest BCUT2D eigenvalue weighted by molar-refractivity contribution is 0.111. The Morgan fingerprint density at radius 1 is 1.50 bits per heavy atom. The topological polar surface area (TPSA) is 9.23 Å². The molecule has 2 rings (SSSR count). The smallest absolute Gasteiger partial charge is 0.0791 e. The first-order chi connectivity index (χ1) is 3.86. The molecule has 2 aliphatic heterocycles. The molecule has 0 saturated carbocycles. The van der Waals surface area contributed by atoms with Crippen LogP contribution >= 0.6 is 0 Å². The summed E-state index contributed by atoms with van der Waals surface area (Å²) in [5.41, 5.74) is 0. The first kappa shape index (κ1) is 4.57. The van der Waals surface area contributed by atoms with Crippen LogP contribution in [0.2, 0.25) is 0 Å². The lowest BCUT2D eigenvalue weighted by Crippen LogP contribution is -2.07. The second kappa shape index (κ2) is 1.35. The van der Waals surface area contributed by atoms with Crippen molar-refractivity contribution in [2.45, 2.75) is 25.6 Å². The summed E-state index contributed by atoms with van der Waals surface area (Å²) in [5, 5.41) is 0. The van der Waals surface area contributed by atoms with E-state index in [-0.39, 0.29) is 0 Å². The molecule has 0 aliphatic carbocycles. The van der Waals surface area contributed by atoms with Gasteiger partial charge in [0.1, 0.15) is 0 Å². The van der Waals surface area contributed by atoms with Gasteiger partial charge in [-0.15, -0.1) is 0 Å². The molecule has 0 aromatic carbocycles. The fourth-order valence-corrected chi connectivity index (χ4v) is 1.48. The molecule has 0 aromatic heterocycles. The second-order valence-corrected chi connectivity index (χ2v) is 2.74. The van der Waals surface area contributed by atoms with Crippen LogP contribution in [-0.4, -0.2) is 12.2 Å². The molecule has 0 N–H and O–H groups in total. The Morgan fingerprint density at radius 2 is 2.38 bits per heavy atom. The van der Waals surface area contributed by atoms with Gasteiger partial charge in [-0.25, -0.2) is 0 Å². The fourth-order valence-electron chi connectivity index (χ4n) is 1.48. The quantitative estimate of drug-likeness (QED) is 0.428.